The summed E-state index contributed by atoms with van der Waals surface area (Å²) < 4.78 is 22.5. The fourth-order valence-electron chi connectivity index (χ4n) is 4.52. The molecular formula is C19H37N3O11. The Balaban J connectivity index is 1.80. The molecule has 2 heterocycles. The molecule has 14 nitrogen and oxygen atoms in total. The summed E-state index contributed by atoms with van der Waals surface area (Å²) in [5, 5.41) is 71.7. The highest BCUT2D eigenvalue weighted by Crippen LogP contribution is 2.33. The Labute approximate surface area is 190 Å². The zero-order chi connectivity index (χ0) is 24.8. The van der Waals surface area contributed by atoms with Crippen LogP contribution < -0.4 is 17.2 Å². The van der Waals surface area contributed by atoms with E-state index in [0.29, 0.717) is 0 Å². The van der Waals surface area contributed by atoms with Crippen molar-refractivity contribution in [2.24, 2.45) is 17.2 Å². The summed E-state index contributed by atoms with van der Waals surface area (Å²) in [7, 11) is 0. The van der Waals surface area contributed by atoms with Crippen LogP contribution in [-0.2, 0) is 18.9 Å². The molecule has 14 heteroatoms. The third-order valence-electron chi connectivity index (χ3n) is 6.50. The smallest absolute Gasteiger partial charge is 0.187 e. The summed E-state index contributed by atoms with van der Waals surface area (Å²) in [5.74, 6) is 0. The molecule has 194 valence electrons. The molecule has 0 aromatic carbocycles. The third kappa shape index (κ3) is 5.34. The van der Waals surface area contributed by atoms with E-state index in [-0.39, 0.29) is 6.42 Å². The fraction of sp³-hybridized carbons (Fsp3) is 1.00. The Morgan fingerprint density at radius 1 is 0.697 bits per heavy atom. The fourth-order valence-corrected chi connectivity index (χ4v) is 4.52. The first-order valence-corrected chi connectivity index (χ1v) is 11.0. The standard InChI is InChI=1S/C19H37N3O11/c1-4(20)14-11(27)13(29)19(30-14)33-17-8(24)6(21)3-7(22)16(17)32-18-12(28)9(25)10(26)15(31-18)5(2)23/h4-19,23-29H,3,20-22H2,1-2H3/t4-,5+,6+,7-,8-,9-,10-,11-,12+,13+,14+,15+,16+,17+,18+,19-/m0/s1. The average Bonchev–Trinajstić information content (AvgIpc) is 3.02. The van der Waals surface area contributed by atoms with E-state index < -0.39 is 97.8 Å². The second kappa shape index (κ2) is 10.6. The molecule has 0 radical (unpaired) electrons. The maximum atomic E-state index is 10.7. The average molecular weight is 484 g/mol. The van der Waals surface area contributed by atoms with Crippen molar-refractivity contribution in [3.05, 3.63) is 0 Å². The van der Waals surface area contributed by atoms with Gasteiger partial charge in [0.2, 0.25) is 0 Å². The van der Waals surface area contributed by atoms with Gasteiger partial charge in [-0.15, -0.1) is 0 Å². The first kappa shape index (κ1) is 27.0. The van der Waals surface area contributed by atoms with Crippen LogP contribution in [0.5, 0.6) is 0 Å². The molecule has 2 saturated heterocycles. The second-order valence-electron chi connectivity index (χ2n) is 9.25. The number of hydrogen-bond donors (Lipinski definition) is 10. The van der Waals surface area contributed by atoms with Crippen LogP contribution in [-0.4, -0.2) is 134 Å². The van der Waals surface area contributed by atoms with Gasteiger partial charge in [-0.25, -0.2) is 0 Å². The second-order valence-corrected chi connectivity index (χ2v) is 9.25. The largest absolute Gasteiger partial charge is 0.391 e. The molecule has 0 unspecified atom stereocenters. The molecule has 0 spiro atoms. The third-order valence-corrected chi connectivity index (χ3v) is 6.50. The molecule has 2 aliphatic heterocycles. The number of hydrogen-bond acceptors (Lipinski definition) is 14. The van der Waals surface area contributed by atoms with Crippen molar-refractivity contribution >= 4 is 0 Å². The number of ether oxygens (including phenoxy) is 4. The summed E-state index contributed by atoms with van der Waals surface area (Å²) in [6.45, 7) is 2.91. The van der Waals surface area contributed by atoms with Crippen LogP contribution in [0.2, 0.25) is 0 Å². The molecule has 0 amide bonds. The molecule has 3 aliphatic rings. The maximum Gasteiger partial charge on any atom is 0.187 e. The molecular weight excluding hydrogens is 446 g/mol. The Morgan fingerprint density at radius 2 is 1.18 bits per heavy atom. The van der Waals surface area contributed by atoms with Crippen LogP contribution in [0.25, 0.3) is 0 Å². The topological polar surface area (TPSA) is 257 Å². The van der Waals surface area contributed by atoms with Gasteiger partial charge in [0.05, 0.1) is 12.2 Å². The first-order valence-electron chi connectivity index (χ1n) is 11.0. The number of aliphatic hydroxyl groups is 7. The van der Waals surface area contributed by atoms with Gasteiger partial charge in [-0.2, -0.15) is 0 Å². The van der Waals surface area contributed by atoms with Gasteiger partial charge in [-0.1, -0.05) is 0 Å². The SMILES string of the molecule is C[C@H](N)[C@H]1O[C@@H](O[C@@H]2[C@@H](O)[C@H](N)C[C@H](N)[C@H]2O[C@H]2O[C@H]([C@@H](C)O)[C@@H](O)[C@H](O)[C@H]2O)[C@H](O)[C@@H]1O. The molecule has 0 aromatic heterocycles. The van der Waals surface area contributed by atoms with Crippen LogP contribution in [0.3, 0.4) is 0 Å². The van der Waals surface area contributed by atoms with Crippen molar-refractivity contribution in [3.8, 4) is 0 Å². The highest BCUT2D eigenvalue weighted by atomic mass is 16.7. The lowest BCUT2D eigenvalue weighted by Crippen LogP contribution is -2.67. The van der Waals surface area contributed by atoms with Gasteiger partial charge in [-0.3, -0.25) is 0 Å². The minimum atomic E-state index is -1.71. The molecule has 3 fully saturated rings. The molecule has 13 N–H and O–H groups in total. The molecule has 1 saturated carbocycles. The minimum absolute atomic E-state index is 0.0959. The Bertz CT molecular complexity index is 646. The summed E-state index contributed by atoms with van der Waals surface area (Å²) in [4.78, 5) is 0. The quantitative estimate of drug-likeness (QED) is 0.169. The van der Waals surface area contributed by atoms with Crippen LogP contribution in [0, 0.1) is 0 Å². The lowest BCUT2D eigenvalue weighted by atomic mass is 9.84. The van der Waals surface area contributed by atoms with Gasteiger partial charge in [0.25, 0.3) is 0 Å². The van der Waals surface area contributed by atoms with Crippen molar-refractivity contribution < 1.29 is 54.7 Å². The van der Waals surface area contributed by atoms with Crippen molar-refractivity contribution in [3.63, 3.8) is 0 Å². The summed E-state index contributed by atoms with van der Waals surface area (Å²) >= 11 is 0. The van der Waals surface area contributed by atoms with E-state index in [4.69, 9.17) is 36.1 Å². The maximum absolute atomic E-state index is 10.7. The highest BCUT2D eigenvalue weighted by Gasteiger charge is 2.53. The summed E-state index contributed by atoms with van der Waals surface area (Å²) in [6.07, 6.45) is -17.9. The normalized spacial score (nSPS) is 53.1. The van der Waals surface area contributed by atoms with Crippen LogP contribution in [0.4, 0.5) is 0 Å². The van der Waals surface area contributed by atoms with Gasteiger partial charge in [0.1, 0.15) is 54.9 Å². The van der Waals surface area contributed by atoms with Crippen LogP contribution in [0.1, 0.15) is 20.3 Å². The van der Waals surface area contributed by atoms with Gasteiger partial charge in [0.15, 0.2) is 12.6 Å². The van der Waals surface area contributed by atoms with Gasteiger partial charge in [-0.05, 0) is 20.3 Å². The van der Waals surface area contributed by atoms with Crippen molar-refractivity contribution in [2.75, 3.05) is 0 Å². The van der Waals surface area contributed by atoms with E-state index in [1.807, 2.05) is 0 Å². The predicted molar refractivity (Wildman–Crippen MR) is 109 cm³/mol. The molecule has 3 rings (SSSR count). The molecule has 1 aliphatic carbocycles. The number of rotatable bonds is 6. The van der Waals surface area contributed by atoms with E-state index in [0.717, 1.165) is 0 Å². The van der Waals surface area contributed by atoms with Crippen molar-refractivity contribution in [1.82, 2.24) is 0 Å². The van der Waals surface area contributed by atoms with E-state index >= 15 is 0 Å². The van der Waals surface area contributed by atoms with Gasteiger partial charge >= 0.3 is 0 Å². The number of aliphatic hydroxyl groups excluding tert-OH is 7. The molecule has 0 bridgehead atoms. The molecule has 0 aromatic rings. The van der Waals surface area contributed by atoms with Crippen molar-refractivity contribution in [1.29, 1.82) is 0 Å². The molecule has 16 atom stereocenters. The zero-order valence-corrected chi connectivity index (χ0v) is 18.4. The van der Waals surface area contributed by atoms with Gasteiger partial charge < -0.3 is 71.9 Å². The minimum Gasteiger partial charge on any atom is -0.391 e. The summed E-state index contributed by atoms with van der Waals surface area (Å²) in [5.41, 5.74) is 17.9. The zero-order valence-electron chi connectivity index (χ0n) is 18.4. The van der Waals surface area contributed by atoms with E-state index in [2.05, 4.69) is 0 Å². The Kier molecular flexibility index (Phi) is 8.68. The first-order chi connectivity index (χ1) is 15.3. The summed E-state index contributed by atoms with van der Waals surface area (Å²) in [6, 6.07) is -2.30. The van der Waals surface area contributed by atoms with E-state index in [9.17, 15) is 35.7 Å². The predicted octanol–water partition coefficient (Wildman–Crippen LogP) is -5.84. The van der Waals surface area contributed by atoms with Gasteiger partial charge in [0, 0.05) is 18.1 Å². The Morgan fingerprint density at radius 3 is 1.70 bits per heavy atom. The Hall–Kier alpha value is -0.560. The lowest BCUT2D eigenvalue weighted by Gasteiger charge is -2.47. The number of nitrogens with two attached hydrogens (primary N) is 3. The molecule has 33 heavy (non-hydrogen) atoms. The van der Waals surface area contributed by atoms with Crippen molar-refractivity contribution in [2.45, 2.75) is 118 Å². The van der Waals surface area contributed by atoms with Crippen LogP contribution in [0.15, 0.2) is 0 Å². The lowest BCUT2D eigenvalue weighted by molar-refractivity contribution is -0.338. The van der Waals surface area contributed by atoms with E-state index in [1.54, 1.807) is 6.92 Å². The van der Waals surface area contributed by atoms with Crippen LogP contribution >= 0.6 is 0 Å². The highest BCUT2D eigenvalue weighted by molar-refractivity contribution is 5.01. The van der Waals surface area contributed by atoms with E-state index in [1.165, 1.54) is 6.92 Å². The monoisotopic (exact) mass is 483 g/mol.